The zero-order chi connectivity index (χ0) is 24.6. The summed E-state index contributed by atoms with van der Waals surface area (Å²) in [6.45, 7) is 0. The molecule has 0 nitrogen and oxygen atoms in total. The second-order valence-corrected chi connectivity index (χ2v) is 10.1. The largest absolute Gasteiger partial charge is 0.120 e. The van der Waals surface area contributed by atoms with E-state index in [9.17, 15) is 0 Å². The Bertz CT molecular complexity index is 928. The molecule has 3 heteroatoms. The summed E-state index contributed by atoms with van der Waals surface area (Å²) in [5.74, 6) is 14.2. The third-order valence-corrected chi connectivity index (χ3v) is 5.77. The molecule has 0 radical (unpaired) electrons. The fourth-order valence-electron chi connectivity index (χ4n) is 2.44. The third-order valence-electron chi connectivity index (χ3n) is 4.11. The highest BCUT2D eigenvalue weighted by atomic mass is 127. The monoisotopic (exact) mass is 676 g/mol. The van der Waals surface area contributed by atoms with Gasteiger partial charge in [-0.1, -0.05) is 68.7 Å². The molecule has 33 heavy (non-hydrogen) atoms. The van der Waals surface area contributed by atoms with Gasteiger partial charge in [0.05, 0.1) is 0 Å². The number of hydrogen-bond donors (Lipinski definition) is 0. The van der Waals surface area contributed by atoms with Gasteiger partial charge in [0.25, 0.3) is 0 Å². The summed E-state index contributed by atoms with van der Waals surface area (Å²) in [5.41, 5.74) is 1.07. The van der Waals surface area contributed by atoms with Crippen molar-refractivity contribution in [1.29, 1.82) is 0 Å². The van der Waals surface area contributed by atoms with Crippen LogP contribution in [0.15, 0.2) is 57.5 Å². The van der Waals surface area contributed by atoms with E-state index in [4.69, 9.17) is 19.3 Å². The van der Waals surface area contributed by atoms with Crippen molar-refractivity contribution < 1.29 is 0 Å². The van der Waals surface area contributed by atoms with Gasteiger partial charge in [0, 0.05) is 43.8 Å². The van der Waals surface area contributed by atoms with E-state index in [1.807, 2.05) is 36.4 Å². The van der Waals surface area contributed by atoms with Gasteiger partial charge in [-0.05, 0) is 84.7 Å². The zero-order valence-electron chi connectivity index (χ0n) is 19.1. The Labute approximate surface area is 232 Å². The van der Waals surface area contributed by atoms with Gasteiger partial charge in [0.2, 0.25) is 0 Å². The van der Waals surface area contributed by atoms with Crippen LogP contribution in [-0.4, -0.2) is 0 Å². The number of hydrogen-bond acceptors (Lipinski definition) is 0. The highest BCUT2D eigenvalue weighted by molar-refractivity contribution is 14.1. The molecular formula is C30H31Br2I. The predicted molar refractivity (Wildman–Crippen MR) is 161 cm³/mol. The minimum Gasteiger partial charge on any atom is -0.120 e. The lowest BCUT2D eigenvalue weighted by Crippen LogP contribution is -1.76. The Kier molecular flexibility index (Phi) is 22.4. The molecular weight excluding hydrogens is 647 g/mol. The van der Waals surface area contributed by atoms with Crippen LogP contribution >= 0.6 is 54.5 Å². The average molecular weight is 678 g/mol. The summed E-state index contributed by atoms with van der Waals surface area (Å²) < 4.78 is 3.48. The van der Waals surface area contributed by atoms with Crippen LogP contribution in [-0.2, 0) is 0 Å². The Morgan fingerprint density at radius 1 is 0.636 bits per heavy atom. The van der Waals surface area contributed by atoms with Crippen LogP contribution in [0, 0.1) is 52.4 Å². The first-order chi connectivity index (χ1) is 16.0. The van der Waals surface area contributed by atoms with Crippen LogP contribution in [0.4, 0.5) is 0 Å². The predicted octanol–water partition coefficient (Wildman–Crippen LogP) is 9.64. The maximum atomic E-state index is 5.18. The molecule has 2 aromatic carbocycles. The fraction of sp³-hybridized carbons (Fsp3) is 0.333. The normalized spacial score (nSPS) is 8.73. The summed E-state index contributed by atoms with van der Waals surface area (Å²) in [7, 11) is 0. The van der Waals surface area contributed by atoms with Crippen molar-refractivity contribution in [2.24, 2.45) is 0 Å². The van der Waals surface area contributed by atoms with Crippen molar-refractivity contribution in [3.8, 4) is 48.9 Å². The molecule has 0 unspecified atom stereocenters. The first-order valence-electron chi connectivity index (χ1n) is 11.0. The van der Waals surface area contributed by atoms with E-state index in [0.29, 0.717) is 0 Å². The van der Waals surface area contributed by atoms with Crippen LogP contribution in [0.3, 0.4) is 0 Å². The van der Waals surface area contributed by atoms with Crippen LogP contribution < -0.4 is 0 Å². The van der Waals surface area contributed by atoms with Crippen molar-refractivity contribution in [2.45, 2.75) is 64.2 Å². The van der Waals surface area contributed by atoms with E-state index < -0.39 is 0 Å². The van der Waals surface area contributed by atoms with E-state index in [-0.39, 0.29) is 0 Å². The molecule has 0 aliphatic rings. The quantitative estimate of drug-likeness (QED) is 0.148. The Balaban J connectivity index is 0.000000510. The first kappa shape index (κ1) is 31.4. The van der Waals surface area contributed by atoms with E-state index in [1.54, 1.807) is 0 Å². The van der Waals surface area contributed by atoms with Crippen LogP contribution in [0.25, 0.3) is 0 Å². The summed E-state index contributed by atoms with van der Waals surface area (Å²) in [4.78, 5) is 0. The van der Waals surface area contributed by atoms with Gasteiger partial charge in [-0.3, -0.25) is 0 Å². The number of terminal acetylenes is 3. The highest BCUT2D eigenvalue weighted by Gasteiger charge is 1.89. The lowest BCUT2D eigenvalue weighted by atomic mass is 10.1. The molecule has 0 aliphatic heterocycles. The van der Waals surface area contributed by atoms with Gasteiger partial charge in [-0.25, -0.2) is 0 Å². The second kappa shape index (κ2) is 23.5. The molecule has 0 saturated carbocycles. The molecule has 0 atom stereocenters. The van der Waals surface area contributed by atoms with Crippen LogP contribution in [0.5, 0.6) is 0 Å². The van der Waals surface area contributed by atoms with E-state index >= 15 is 0 Å². The molecule has 0 bridgehead atoms. The fourth-order valence-corrected chi connectivity index (χ4v) is 4.21. The Hall–Kier alpha value is -1.63. The molecule has 0 amide bonds. The van der Waals surface area contributed by atoms with Crippen LogP contribution in [0.2, 0.25) is 0 Å². The molecule has 0 aliphatic carbocycles. The Morgan fingerprint density at radius 2 is 1.12 bits per heavy atom. The van der Waals surface area contributed by atoms with Gasteiger partial charge in [-0.2, -0.15) is 0 Å². The van der Waals surface area contributed by atoms with Crippen molar-refractivity contribution >= 4 is 54.5 Å². The zero-order valence-corrected chi connectivity index (χ0v) is 24.4. The number of benzene rings is 2. The maximum Gasteiger partial charge on any atom is 0.0256 e. The summed E-state index contributed by atoms with van der Waals surface area (Å²) >= 11 is 9.06. The Morgan fingerprint density at radius 3 is 1.55 bits per heavy atom. The molecule has 172 valence electrons. The first-order valence-corrected chi connectivity index (χ1v) is 13.7. The summed E-state index contributed by atoms with van der Waals surface area (Å²) in [6, 6.07) is 16.2. The molecule has 2 aromatic rings. The van der Waals surface area contributed by atoms with Crippen LogP contribution in [0.1, 0.15) is 69.8 Å². The van der Waals surface area contributed by atoms with Gasteiger partial charge in [0.1, 0.15) is 0 Å². The topological polar surface area (TPSA) is 0 Å². The smallest absolute Gasteiger partial charge is 0.0256 e. The van der Waals surface area contributed by atoms with Gasteiger partial charge >= 0.3 is 0 Å². The second-order valence-electron chi connectivity index (χ2n) is 6.99. The van der Waals surface area contributed by atoms with Crippen molar-refractivity contribution in [3.05, 3.63) is 66.6 Å². The van der Waals surface area contributed by atoms with Crippen molar-refractivity contribution in [2.75, 3.05) is 0 Å². The summed E-state index contributed by atoms with van der Waals surface area (Å²) in [6.07, 6.45) is 25.8. The number of rotatable bonds is 8. The van der Waals surface area contributed by atoms with Gasteiger partial charge in [0.15, 0.2) is 0 Å². The highest BCUT2D eigenvalue weighted by Crippen LogP contribution is 2.12. The molecule has 2 rings (SSSR count). The van der Waals surface area contributed by atoms with E-state index in [0.717, 1.165) is 65.9 Å². The lowest BCUT2D eigenvalue weighted by Gasteiger charge is -1.93. The van der Waals surface area contributed by atoms with E-state index in [1.165, 1.54) is 16.4 Å². The van der Waals surface area contributed by atoms with Gasteiger partial charge < -0.3 is 0 Å². The van der Waals surface area contributed by atoms with E-state index in [2.05, 4.69) is 96.2 Å². The third kappa shape index (κ3) is 22.0. The number of halogens is 3. The standard InChI is InChI=1S/C15H15Br.C9H12.C6H4BrI/c1-2-3-4-5-6-7-8-10-14-11-9-12-15(16)13-14;1-3-5-7-9-8-6-4-2;7-5-2-1-3-6(8)4-5/h1,9,11-13H,3-7H2;1-2H,5-9H2;1-4H. The minimum atomic E-state index is 0.888. The molecule has 0 N–H and O–H groups in total. The maximum absolute atomic E-state index is 5.18. The minimum absolute atomic E-state index is 0.888. The van der Waals surface area contributed by atoms with Crippen molar-refractivity contribution in [1.82, 2.24) is 0 Å². The average Bonchev–Trinajstić information content (AvgIpc) is 2.79. The molecule has 0 saturated heterocycles. The SMILES string of the molecule is Brc1cccc(I)c1.C#CCCCCCC#C.C#CCCCCCC#Cc1cccc(Br)c1. The molecule has 0 spiro atoms. The molecule has 0 heterocycles. The molecule has 0 fully saturated rings. The molecule has 0 aromatic heterocycles. The number of unbranched alkanes of at least 4 members (excludes halogenated alkanes) is 8. The lowest BCUT2D eigenvalue weighted by molar-refractivity contribution is 0.709. The van der Waals surface area contributed by atoms with Crippen molar-refractivity contribution in [3.63, 3.8) is 0 Å². The summed E-state index contributed by atoms with van der Waals surface area (Å²) in [5, 5.41) is 0. The van der Waals surface area contributed by atoms with Gasteiger partial charge in [-0.15, -0.1) is 37.0 Å².